The van der Waals surface area contributed by atoms with Gasteiger partial charge in [-0.05, 0) is 19.4 Å². The SMILES string of the molecule is CCCC[C@H](C)OSc1ccc([N+](=O)[O-])cc1[N+](=O)[O-]. The zero-order chi connectivity index (χ0) is 15.1. The van der Waals surface area contributed by atoms with Gasteiger partial charge in [-0.2, -0.15) is 0 Å². The second-order valence-electron chi connectivity index (χ2n) is 4.30. The predicted molar refractivity (Wildman–Crippen MR) is 75.7 cm³/mol. The van der Waals surface area contributed by atoms with Gasteiger partial charge >= 0.3 is 0 Å². The van der Waals surface area contributed by atoms with Crippen molar-refractivity contribution in [1.82, 2.24) is 0 Å². The number of unbranched alkanes of at least 4 members (excludes halogenated alkanes) is 1. The van der Waals surface area contributed by atoms with Crippen molar-refractivity contribution in [2.24, 2.45) is 0 Å². The zero-order valence-electron chi connectivity index (χ0n) is 11.3. The number of rotatable bonds is 8. The van der Waals surface area contributed by atoms with E-state index in [-0.39, 0.29) is 22.4 Å². The summed E-state index contributed by atoms with van der Waals surface area (Å²) in [5.74, 6) is 0. The van der Waals surface area contributed by atoms with E-state index in [1.165, 1.54) is 12.1 Å². The van der Waals surface area contributed by atoms with E-state index >= 15 is 0 Å². The van der Waals surface area contributed by atoms with E-state index in [4.69, 9.17) is 4.18 Å². The van der Waals surface area contributed by atoms with Gasteiger partial charge in [0.2, 0.25) is 0 Å². The molecule has 8 heteroatoms. The van der Waals surface area contributed by atoms with Crippen LogP contribution >= 0.6 is 12.0 Å². The Morgan fingerprint density at radius 1 is 1.30 bits per heavy atom. The van der Waals surface area contributed by atoms with E-state index in [2.05, 4.69) is 6.92 Å². The molecule has 110 valence electrons. The molecule has 0 aliphatic carbocycles. The molecular formula is C12H16N2O5S. The fourth-order valence-electron chi connectivity index (χ4n) is 1.51. The molecule has 0 unspecified atom stereocenters. The third kappa shape index (κ3) is 4.78. The lowest BCUT2D eigenvalue weighted by molar-refractivity contribution is -0.396. The molecule has 0 saturated carbocycles. The first kappa shape index (κ1) is 16.4. The Hall–Kier alpha value is -1.67. The third-order valence-electron chi connectivity index (χ3n) is 2.62. The number of nitro benzene ring substituents is 2. The molecule has 7 nitrogen and oxygen atoms in total. The molecule has 0 bridgehead atoms. The van der Waals surface area contributed by atoms with Crippen LogP contribution in [0.1, 0.15) is 33.1 Å². The van der Waals surface area contributed by atoms with E-state index in [0.29, 0.717) is 0 Å². The molecule has 1 aromatic rings. The van der Waals surface area contributed by atoms with Crippen LogP contribution in [0.2, 0.25) is 0 Å². The van der Waals surface area contributed by atoms with Gasteiger partial charge in [-0.25, -0.2) is 0 Å². The Balaban J connectivity index is 2.79. The maximum absolute atomic E-state index is 10.9. The second kappa shape index (κ2) is 7.81. The van der Waals surface area contributed by atoms with Gasteiger partial charge in [0, 0.05) is 18.1 Å². The van der Waals surface area contributed by atoms with Crippen LogP contribution in [0.4, 0.5) is 11.4 Å². The average molecular weight is 300 g/mol. The first-order chi connectivity index (χ1) is 9.45. The molecule has 0 saturated heterocycles. The lowest BCUT2D eigenvalue weighted by atomic mass is 10.2. The van der Waals surface area contributed by atoms with Crippen molar-refractivity contribution in [3.05, 3.63) is 38.4 Å². The van der Waals surface area contributed by atoms with Crippen molar-refractivity contribution in [2.75, 3.05) is 0 Å². The first-order valence-electron chi connectivity index (χ1n) is 6.21. The summed E-state index contributed by atoms with van der Waals surface area (Å²) in [6, 6.07) is 3.52. The van der Waals surface area contributed by atoms with Gasteiger partial charge in [0.25, 0.3) is 11.4 Å². The van der Waals surface area contributed by atoms with Crippen molar-refractivity contribution >= 4 is 23.4 Å². The van der Waals surface area contributed by atoms with E-state index in [1.807, 2.05) is 6.92 Å². The molecule has 0 radical (unpaired) electrons. The lowest BCUT2D eigenvalue weighted by Crippen LogP contribution is -2.03. The van der Waals surface area contributed by atoms with Crippen LogP contribution in [0.15, 0.2) is 23.1 Å². The average Bonchev–Trinajstić information content (AvgIpc) is 2.42. The van der Waals surface area contributed by atoms with Crippen molar-refractivity contribution in [1.29, 1.82) is 0 Å². The summed E-state index contributed by atoms with van der Waals surface area (Å²) in [6.07, 6.45) is 2.90. The molecule has 0 fully saturated rings. The standard InChI is InChI=1S/C12H16N2O5S/c1-3-4-5-9(2)19-20-12-7-6-10(13(15)16)8-11(12)14(17)18/h6-9H,3-5H2,1-2H3/t9-/m0/s1. The molecule has 1 rings (SSSR count). The van der Waals surface area contributed by atoms with Gasteiger partial charge in [-0.15, -0.1) is 0 Å². The quantitative estimate of drug-likeness (QED) is 0.407. The van der Waals surface area contributed by atoms with Crippen molar-refractivity contribution < 1.29 is 14.0 Å². The number of hydrogen-bond donors (Lipinski definition) is 0. The van der Waals surface area contributed by atoms with E-state index in [1.54, 1.807) is 0 Å². The summed E-state index contributed by atoms with van der Waals surface area (Å²) in [5.41, 5.74) is -0.619. The molecule has 20 heavy (non-hydrogen) atoms. The van der Waals surface area contributed by atoms with Gasteiger partial charge < -0.3 is 4.18 Å². The van der Waals surface area contributed by atoms with Gasteiger partial charge in [-0.1, -0.05) is 19.8 Å². The van der Waals surface area contributed by atoms with Crippen molar-refractivity contribution in [3.8, 4) is 0 Å². The highest BCUT2D eigenvalue weighted by atomic mass is 32.2. The molecule has 0 aliphatic rings. The summed E-state index contributed by atoms with van der Waals surface area (Å²) in [7, 11) is 0. The van der Waals surface area contributed by atoms with Crippen LogP contribution < -0.4 is 0 Å². The summed E-state index contributed by atoms with van der Waals surface area (Å²) in [6.45, 7) is 3.96. The number of hydrogen-bond acceptors (Lipinski definition) is 6. The minimum Gasteiger partial charge on any atom is -0.307 e. The third-order valence-corrected chi connectivity index (χ3v) is 3.57. The molecule has 0 aromatic heterocycles. The molecule has 0 aliphatic heterocycles. The fourth-order valence-corrected chi connectivity index (χ4v) is 2.21. The maximum atomic E-state index is 10.9. The summed E-state index contributed by atoms with van der Waals surface area (Å²) < 4.78 is 5.46. The number of nitrogens with zero attached hydrogens (tertiary/aromatic N) is 2. The lowest BCUT2D eigenvalue weighted by Gasteiger charge is -2.10. The normalized spacial score (nSPS) is 12.1. The largest absolute Gasteiger partial charge is 0.307 e. The monoisotopic (exact) mass is 300 g/mol. The van der Waals surface area contributed by atoms with Gasteiger partial charge in [0.1, 0.15) is 4.90 Å². The van der Waals surface area contributed by atoms with Crippen LogP contribution in [0.3, 0.4) is 0 Å². The minimum absolute atomic E-state index is 0.0326. The Kier molecular flexibility index (Phi) is 6.40. The zero-order valence-corrected chi connectivity index (χ0v) is 12.1. The Morgan fingerprint density at radius 3 is 2.55 bits per heavy atom. The fraction of sp³-hybridized carbons (Fsp3) is 0.500. The number of non-ortho nitro benzene ring substituents is 1. The highest BCUT2D eigenvalue weighted by molar-refractivity contribution is 7.94. The Morgan fingerprint density at radius 2 is 2.00 bits per heavy atom. The molecule has 0 heterocycles. The van der Waals surface area contributed by atoms with E-state index in [0.717, 1.165) is 37.4 Å². The van der Waals surface area contributed by atoms with Crippen LogP contribution in [-0.2, 0) is 4.18 Å². The Bertz CT molecular complexity index is 495. The molecule has 1 aromatic carbocycles. The number of benzene rings is 1. The first-order valence-corrected chi connectivity index (χ1v) is 6.96. The molecule has 0 amide bonds. The van der Waals surface area contributed by atoms with Gasteiger partial charge in [-0.3, -0.25) is 20.2 Å². The molecule has 0 N–H and O–H groups in total. The van der Waals surface area contributed by atoms with Crippen molar-refractivity contribution in [2.45, 2.75) is 44.1 Å². The van der Waals surface area contributed by atoms with Crippen LogP contribution in [0, 0.1) is 20.2 Å². The summed E-state index contributed by atoms with van der Waals surface area (Å²) >= 11 is 0.890. The highest BCUT2D eigenvalue weighted by Gasteiger charge is 2.20. The van der Waals surface area contributed by atoms with E-state index < -0.39 is 9.85 Å². The molecular weight excluding hydrogens is 284 g/mol. The summed E-state index contributed by atoms with van der Waals surface area (Å²) in [4.78, 5) is 20.5. The number of nitro groups is 2. The van der Waals surface area contributed by atoms with Crippen molar-refractivity contribution in [3.63, 3.8) is 0 Å². The molecule has 0 spiro atoms. The van der Waals surface area contributed by atoms with Crippen LogP contribution in [-0.4, -0.2) is 16.0 Å². The van der Waals surface area contributed by atoms with Gasteiger partial charge in [0.15, 0.2) is 0 Å². The Labute approximate surface area is 120 Å². The smallest absolute Gasteiger partial charge is 0.292 e. The topological polar surface area (TPSA) is 95.5 Å². The van der Waals surface area contributed by atoms with Gasteiger partial charge in [0.05, 0.1) is 22.0 Å². The minimum atomic E-state index is -0.661. The molecule has 1 atom stereocenters. The van der Waals surface area contributed by atoms with E-state index in [9.17, 15) is 20.2 Å². The summed E-state index contributed by atoms with van der Waals surface area (Å²) in [5, 5.41) is 21.5. The maximum Gasteiger partial charge on any atom is 0.292 e. The van der Waals surface area contributed by atoms with Crippen LogP contribution in [0.5, 0.6) is 0 Å². The second-order valence-corrected chi connectivity index (χ2v) is 5.10. The predicted octanol–water partition coefficient (Wildman–Crippen LogP) is 4.11. The highest BCUT2D eigenvalue weighted by Crippen LogP contribution is 2.34. The van der Waals surface area contributed by atoms with Crippen LogP contribution in [0.25, 0.3) is 0 Å².